The molecule has 0 aromatic heterocycles. The van der Waals surface area contributed by atoms with Gasteiger partial charge in [-0.15, -0.1) is 0 Å². The molecule has 0 radical (unpaired) electrons. The van der Waals surface area contributed by atoms with Crippen molar-refractivity contribution < 1.29 is 19.4 Å². The van der Waals surface area contributed by atoms with E-state index in [0.29, 0.717) is 6.61 Å². The molecule has 0 aliphatic carbocycles. The van der Waals surface area contributed by atoms with Gasteiger partial charge in [-0.25, -0.2) is 4.79 Å². The van der Waals surface area contributed by atoms with Gasteiger partial charge < -0.3 is 14.6 Å². The van der Waals surface area contributed by atoms with E-state index in [2.05, 4.69) is 0 Å². The van der Waals surface area contributed by atoms with Gasteiger partial charge in [-0.2, -0.15) is 0 Å². The van der Waals surface area contributed by atoms with Crippen molar-refractivity contribution in [2.24, 2.45) is 5.92 Å². The molecule has 0 saturated carbocycles. The highest BCUT2D eigenvalue weighted by molar-refractivity contribution is 5.69. The summed E-state index contributed by atoms with van der Waals surface area (Å²) in [5.41, 5.74) is -0.864. The van der Waals surface area contributed by atoms with Gasteiger partial charge in [0.2, 0.25) is 0 Å². The number of carbonyl (C=O) groups is 1. The molecule has 1 aliphatic rings. The third-order valence-electron chi connectivity index (χ3n) is 3.78. The molecule has 5 nitrogen and oxygen atoms in total. The average Bonchev–Trinajstić information content (AvgIpc) is 2.47. The highest BCUT2D eigenvalue weighted by Gasteiger charge is 2.47. The molecule has 21 heavy (non-hydrogen) atoms. The van der Waals surface area contributed by atoms with E-state index in [4.69, 9.17) is 9.47 Å². The number of aliphatic hydroxyl groups is 1. The van der Waals surface area contributed by atoms with Crippen molar-refractivity contribution in [1.82, 2.24) is 4.90 Å². The Labute approximate surface area is 128 Å². The molecular weight excluding hydrogens is 270 g/mol. The largest absolute Gasteiger partial charge is 0.444 e. The summed E-state index contributed by atoms with van der Waals surface area (Å²) in [4.78, 5) is 14.1. The zero-order valence-electron chi connectivity index (χ0n) is 14.6. The summed E-state index contributed by atoms with van der Waals surface area (Å²) in [6.45, 7) is 15.6. The standard InChI is InChI=1S/C16H31NO4/c1-10-11(2)17(14(19)21-16(6,7)8)12(13(10)18)9-20-15(3,4)5/h10-13,18H,9H2,1-8H3/t10-,11-,12+,13-/m1/s1. The van der Waals surface area contributed by atoms with Crippen molar-refractivity contribution in [3.63, 3.8) is 0 Å². The fraction of sp³-hybridized carbons (Fsp3) is 0.938. The van der Waals surface area contributed by atoms with E-state index >= 15 is 0 Å². The lowest BCUT2D eigenvalue weighted by molar-refractivity contribution is -0.0546. The van der Waals surface area contributed by atoms with Gasteiger partial charge in [0.05, 0.1) is 24.4 Å². The van der Waals surface area contributed by atoms with Gasteiger partial charge >= 0.3 is 6.09 Å². The molecule has 0 aromatic carbocycles. The summed E-state index contributed by atoms with van der Waals surface area (Å²) in [5.74, 6) is -0.00825. The number of aliphatic hydroxyl groups excluding tert-OH is 1. The Kier molecular flexibility index (Phi) is 5.32. The number of ether oxygens (including phenoxy) is 2. The van der Waals surface area contributed by atoms with Crippen LogP contribution in [-0.2, 0) is 9.47 Å². The van der Waals surface area contributed by atoms with Crippen LogP contribution < -0.4 is 0 Å². The maximum atomic E-state index is 12.4. The minimum Gasteiger partial charge on any atom is -0.444 e. The van der Waals surface area contributed by atoms with Crippen LogP contribution in [0.5, 0.6) is 0 Å². The fourth-order valence-corrected chi connectivity index (χ4v) is 2.49. The van der Waals surface area contributed by atoms with Crippen molar-refractivity contribution in [3.8, 4) is 0 Å². The maximum absolute atomic E-state index is 12.4. The average molecular weight is 301 g/mol. The van der Waals surface area contributed by atoms with Crippen LogP contribution in [0, 0.1) is 5.92 Å². The van der Waals surface area contributed by atoms with Crippen LogP contribution in [0.3, 0.4) is 0 Å². The van der Waals surface area contributed by atoms with Crippen LogP contribution in [0.15, 0.2) is 0 Å². The topological polar surface area (TPSA) is 59.0 Å². The molecule has 1 N–H and O–H groups in total. The smallest absolute Gasteiger partial charge is 0.410 e. The predicted octanol–water partition coefficient (Wildman–Crippen LogP) is 2.81. The molecule has 0 bridgehead atoms. The third kappa shape index (κ3) is 4.85. The van der Waals surface area contributed by atoms with E-state index in [1.54, 1.807) is 4.90 Å². The predicted molar refractivity (Wildman–Crippen MR) is 82.2 cm³/mol. The molecule has 0 spiro atoms. The van der Waals surface area contributed by atoms with Gasteiger partial charge in [0.25, 0.3) is 0 Å². The second-order valence-corrected chi connectivity index (χ2v) is 7.97. The number of amides is 1. The molecule has 0 unspecified atom stereocenters. The zero-order chi connectivity index (χ0) is 16.6. The third-order valence-corrected chi connectivity index (χ3v) is 3.78. The molecule has 5 heteroatoms. The quantitative estimate of drug-likeness (QED) is 0.852. The molecule has 1 saturated heterocycles. The van der Waals surface area contributed by atoms with E-state index in [-0.39, 0.29) is 29.7 Å². The lowest BCUT2D eigenvalue weighted by atomic mass is 10.00. The SMILES string of the molecule is C[C@H]1[C@@H](O)[C@H](COC(C)(C)C)N(C(=O)OC(C)(C)C)[C@@H]1C. The van der Waals surface area contributed by atoms with Crippen molar-refractivity contribution in [3.05, 3.63) is 0 Å². The van der Waals surface area contributed by atoms with Crippen LogP contribution in [0.2, 0.25) is 0 Å². The maximum Gasteiger partial charge on any atom is 0.410 e. The van der Waals surface area contributed by atoms with E-state index < -0.39 is 11.7 Å². The van der Waals surface area contributed by atoms with Crippen LogP contribution >= 0.6 is 0 Å². The number of nitrogens with zero attached hydrogens (tertiary/aromatic N) is 1. The Balaban J connectivity index is 2.88. The summed E-state index contributed by atoms with van der Waals surface area (Å²) in [6, 6.07) is -0.451. The Morgan fingerprint density at radius 3 is 2.05 bits per heavy atom. The highest BCUT2D eigenvalue weighted by atomic mass is 16.6. The summed E-state index contributed by atoms with van der Waals surface area (Å²) in [5, 5.41) is 10.4. The van der Waals surface area contributed by atoms with Gasteiger partial charge in [0, 0.05) is 12.0 Å². The molecular formula is C16H31NO4. The van der Waals surface area contributed by atoms with Crippen molar-refractivity contribution in [2.45, 2.75) is 84.8 Å². The molecule has 1 fully saturated rings. The highest BCUT2D eigenvalue weighted by Crippen LogP contribution is 2.32. The number of likely N-dealkylation sites (tertiary alicyclic amines) is 1. The first-order valence-corrected chi connectivity index (χ1v) is 7.67. The number of hydrogen-bond acceptors (Lipinski definition) is 4. The Morgan fingerprint density at radius 1 is 1.10 bits per heavy atom. The van der Waals surface area contributed by atoms with E-state index in [9.17, 15) is 9.90 Å². The molecule has 1 amide bonds. The normalized spacial score (nSPS) is 30.6. The van der Waals surface area contributed by atoms with Crippen LogP contribution in [0.1, 0.15) is 55.4 Å². The summed E-state index contributed by atoms with van der Waals surface area (Å²) < 4.78 is 11.3. The summed E-state index contributed by atoms with van der Waals surface area (Å²) in [6.07, 6.45) is -0.990. The first-order valence-electron chi connectivity index (χ1n) is 7.67. The molecule has 4 atom stereocenters. The van der Waals surface area contributed by atoms with Gasteiger partial charge in [0.15, 0.2) is 0 Å². The van der Waals surface area contributed by atoms with E-state index in [1.807, 2.05) is 55.4 Å². The monoisotopic (exact) mass is 301 g/mol. The van der Waals surface area contributed by atoms with E-state index in [1.165, 1.54) is 0 Å². The first kappa shape index (κ1) is 18.2. The van der Waals surface area contributed by atoms with Crippen LogP contribution in [0.4, 0.5) is 4.79 Å². The fourth-order valence-electron chi connectivity index (χ4n) is 2.49. The van der Waals surface area contributed by atoms with Crippen molar-refractivity contribution >= 4 is 6.09 Å². The van der Waals surface area contributed by atoms with Crippen LogP contribution in [-0.4, -0.2) is 52.1 Å². The van der Waals surface area contributed by atoms with Gasteiger partial charge in [-0.1, -0.05) is 6.92 Å². The number of rotatable bonds is 2. The minimum absolute atomic E-state index is 0.00825. The minimum atomic E-state index is -0.602. The lowest BCUT2D eigenvalue weighted by Crippen LogP contribution is -2.48. The van der Waals surface area contributed by atoms with Crippen LogP contribution in [0.25, 0.3) is 0 Å². The molecule has 1 rings (SSSR count). The van der Waals surface area contributed by atoms with E-state index in [0.717, 1.165) is 0 Å². The zero-order valence-corrected chi connectivity index (χ0v) is 14.6. The molecule has 124 valence electrons. The van der Waals surface area contributed by atoms with Gasteiger partial charge in [-0.3, -0.25) is 4.90 Å². The Morgan fingerprint density at radius 2 is 1.62 bits per heavy atom. The second kappa shape index (κ2) is 6.13. The second-order valence-electron chi connectivity index (χ2n) is 7.97. The Bertz CT molecular complexity index is 369. The molecule has 1 aliphatic heterocycles. The van der Waals surface area contributed by atoms with Crippen molar-refractivity contribution in [2.75, 3.05) is 6.61 Å². The molecule has 0 aromatic rings. The molecule has 1 heterocycles. The number of carbonyl (C=O) groups excluding carboxylic acids is 1. The Hall–Kier alpha value is -0.810. The van der Waals surface area contributed by atoms with Gasteiger partial charge in [0.1, 0.15) is 5.60 Å². The lowest BCUT2D eigenvalue weighted by Gasteiger charge is -2.33. The summed E-state index contributed by atoms with van der Waals surface area (Å²) in [7, 11) is 0. The van der Waals surface area contributed by atoms with Gasteiger partial charge in [-0.05, 0) is 48.5 Å². The van der Waals surface area contributed by atoms with Crippen molar-refractivity contribution in [1.29, 1.82) is 0 Å². The summed E-state index contributed by atoms with van der Waals surface area (Å²) >= 11 is 0. The first-order chi connectivity index (χ1) is 9.33. The number of hydrogen-bond donors (Lipinski definition) is 1.